The minimum absolute atomic E-state index is 0.608. The summed E-state index contributed by atoms with van der Waals surface area (Å²) in [6.07, 6.45) is 3.32. The number of nitrogens with one attached hydrogen (secondary N) is 1. The minimum Gasteiger partial charge on any atom is -0.306 e. The first kappa shape index (κ1) is 8.01. The lowest BCUT2D eigenvalue weighted by Crippen LogP contribution is -2.03. The molecule has 1 N–H and O–H groups in total. The molecule has 0 radical (unpaired) electrons. The van der Waals surface area contributed by atoms with Crippen LogP contribution in [0, 0.1) is 0 Å². The maximum atomic E-state index is 5.69. The molecule has 0 spiro atoms. The van der Waals surface area contributed by atoms with E-state index in [2.05, 4.69) is 22.2 Å². The molecule has 0 unspecified atom stereocenters. The number of aromatic nitrogens is 1. The molecule has 0 fully saturated rings. The van der Waals surface area contributed by atoms with Gasteiger partial charge in [-0.15, -0.1) is 0 Å². The van der Waals surface area contributed by atoms with Gasteiger partial charge in [0.25, 0.3) is 0 Å². The van der Waals surface area contributed by atoms with Gasteiger partial charge in [-0.2, -0.15) is 5.10 Å². The lowest BCUT2D eigenvalue weighted by molar-refractivity contribution is 0.748. The molecule has 11 heavy (non-hydrogen) atoms. The second kappa shape index (κ2) is 3.93. The number of nitrogens with zero attached hydrogens (tertiary/aromatic N) is 2. The number of halogens is 1. The van der Waals surface area contributed by atoms with Gasteiger partial charge < -0.3 is 5.43 Å². The van der Waals surface area contributed by atoms with Gasteiger partial charge in [0.15, 0.2) is 0 Å². The molecular formula is C7H8ClN3. The van der Waals surface area contributed by atoms with Crippen LogP contribution in [0.1, 0.15) is 5.56 Å². The second-order valence-electron chi connectivity index (χ2n) is 2.00. The third-order valence-corrected chi connectivity index (χ3v) is 1.36. The summed E-state index contributed by atoms with van der Waals surface area (Å²) < 4.78 is 0. The molecule has 0 saturated carbocycles. The molecule has 0 aliphatic rings. The second-order valence-corrected chi connectivity index (χ2v) is 2.44. The maximum absolute atomic E-state index is 5.69. The average Bonchev–Trinajstić information content (AvgIpc) is 2.01. The number of hydrazone groups is 1. The van der Waals surface area contributed by atoms with E-state index in [0.717, 1.165) is 5.56 Å². The smallest absolute Gasteiger partial charge is 0.0595 e. The fraction of sp³-hybridized carbons (Fsp3) is 0.143. The number of rotatable bonds is 3. The Bertz CT molecular complexity index is 249. The van der Waals surface area contributed by atoms with Crippen LogP contribution in [0.15, 0.2) is 23.6 Å². The van der Waals surface area contributed by atoms with E-state index >= 15 is 0 Å². The highest BCUT2D eigenvalue weighted by Gasteiger charge is 1.91. The number of hydrogen-bond acceptors (Lipinski definition) is 3. The highest BCUT2D eigenvalue weighted by molar-refractivity contribution is 6.30. The molecule has 58 valence electrons. The van der Waals surface area contributed by atoms with E-state index in [1.165, 1.54) is 0 Å². The molecule has 3 nitrogen and oxygen atoms in total. The van der Waals surface area contributed by atoms with Crippen LogP contribution in [0.3, 0.4) is 0 Å². The predicted octanol–water partition coefficient (Wildman–Crippen LogP) is 1.44. The van der Waals surface area contributed by atoms with Crippen molar-refractivity contribution in [2.45, 2.75) is 6.54 Å². The average molecular weight is 170 g/mol. The molecule has 0 aromatic carbocycles. The van der Waals surface area contributed by atoms with Crippen LogP contribution in [0.4, 0.5) is 0 Å². The van der Waals surface area contributed by atoms with E-state index in [-0.39, 0.29) is 0 Å². The first-order valence-corrected chi connectivity index (χ1v) is 3.48. The van der Waals surface area contributed by atoms with Crippen molar-refractivity contribution in [3.63, 3.8) is 0 Å². The van der Waals surface area contributed by atoms with Gasteiger partial charge in [0.1, 0.15) is 0 Å². The summed E-state index contributed by atoms with van der Waals surface area (Å²) >= 11 is 5.69. The highest BCUT2D eigenvalue weighted by Crippen LogP contribution is 2.07. The highest BCUT2D eigenvalue weighted by atomic mass is 35.5. The summed E-state index contributed by atoms with van der Waals surface area (Å²) in [5.74, 6) is 0. The van der Waals surface area contributed by atoms with Gasteiger partial charge in [0.2, 0.25) is 0 Å². The molecule has 0 saturated heterocycles. The molecule has 1 aromatic rings. The quantitative estimate of drug-likeness (QED) is 0.549. The third-order valence-electron chi connectivity index (χ3n) is 1.16. The molecule has 0 aliphatic heterocycles. The monoisotopic (exact) mass is 169 g/mol. The van der Waals surface area contributed by atoms with Gasteiger partial charge >= 0.3 is 0 Å². The van der Waals surface area contributed by atoms with E-state index in [4.69, 9.17) is 11.6 Å². The molecule has 1 aromatic heterocycles. The Morgan fingerprint density at radius 2 is 2.45 bits per heavy atom. The molecule has 0 aliphatic carbocycles. The summed E-state index contributed by atoms with van der Waals surface area (Å²) in [5.41, 5.74) is 3.70. The zero-order valence-corrected chi connectivity index (χ0v) is 6.67. The van der Waals surface area contributed by atoms with Gasteiger partial charge in [0, 0.05) is 19.1 Å². The Morgan fingerprint density at radius 3 is 3.09 bits per heavy atom. The molecule has 0 bridgehead atoms. The summed E-state index contributed by atoms with van der Waals surface area (Å²) in [4.78, 5) is 3.90. The van der Waals surface area contributed by atoms with Crippen LogP contribution in [0.5, 0.6) is 0 Å². The topological polar surface area (TPSA) is 37.3 Å². The lowest BCUT2D eigenvalue weighted by atomic mass is 10.3. The van der Waals surface area contributed by atoms with Gasteiger partial charge in [-0.3, -0.25) is 4.98 Å². The Labute approximate surface area is 70.1 Å². The standard InChI is InChI=1S/C7H8ClN3/c1-9-11-4-6-2-7(8)5-10-3-6/h2-3,5,11H,1,4H2. The molecule has 0 amide bonds. The van der Waals surface area contributed by atoms with E-state index < -0.39 is 0 Å². The SMILES string of the molecule is C=NNCc1cncc(Cl)c1. The van der Waals surface area contributed by atoms with Gasteiger partial charge in [0.05, 0.1) is 11.6 Å². The van der Waals surface area contributed by atoms with Crippen molar-refractivity contribution in [2.24, 2.45) is 5.10 Å². The number of hydrogen-bond donors (Lipinski definition) is 1. The van der Waals surface area contributed by atoms with Crippen LogP contribution in [-0.4, -0.2) is 11.7 Å². The Balaban J connectivity index is 2.63. The van der Waals surface area contributed by atoms with Crippen LogP contribution >= 0.6 is 11.6 Å². The normalized spacial score (nSPS) is 9.18. The summed E-state index contributed by atoms with van der Waals surface area (Å²) in [6.45, 7) is 3.89. The molecule has 0 atom stereocenters. The van der Waals surface area contributed by atoms with Crippen molar-refractivity contribution in [3.8, 4) is 0 Å². The Morgan fingerprint density at radius 1 is 1.64 bits per heavy atom. The predicted molar refractivity (Wildman–Crippen MR) is 45.6 cm³/mol. The molecule has 1 heterocycles. The van der Waals surface area contributed by atoms with Gasteiger partial charge in [-0.25, -0.2) is 0 Å². The Kier molecular flexibility index (Phi) is 2.86. The van der Waals surface area contributed by atoms with Gasteiger partial charge in [-0.1, -0.05) is 11.6 Å². The zero-order chi connectivity index (χ0) is 8.10. The number of pyridine rings is 1. The molecule has 4 heteroatoms. The zero-order valence-electron chi connectivity index (χ0n) is 5.92. The van der Waals surface area contributed by atoms with Gasteiger partial charge in [-0.05, 0) is 11.6 Å². The van der Waals surface area contributed by atoms with E-state index in [0.29, 0.717) is 11.6 Å². The van der Waals surface area contributed by atoms with E-state index in [1.807, 2.05) is 6.07 Å². The van der Waals surface area contributed by atoms with Crippen molar-refractivity contribution in [3.05, 3.63) is 29.0 Å². The largest absolute Gasteiger partial charge is 0.306 e. The van der Waals surface area contributed by atoms with Crippen LogP contribution < -0.4 is 5.43 Å². The fourth-order valence-electron chi connectivity index (χ4n) is 0.700. The van der Waals surface area contributed by atoms with Crippen LogP contribution in [-0.2, 0) is 6.54 Å². The van der Waals surface area contributed by atoms with Crippen molar-refractivity contribution >= 4 is 18.3 Å². The first-order chi connectivity index (χ1) is 5.33. The summed E-state index contributed by atoms with van der Waals surface area (Å²) in [5, 5.41) is 4.12. The third kappa shape index (κ3) is 2.55. The summed E-state index contributed by atoms with van der Waals surface area (Å²) in [6, 6.07) is 1.83. The van der Waals surface area contributed by atoms with Crippen molar-refractivity contribution in [1.29, 1.82) is 0 Å². The Hall–Kier alpha value is -1.09. The first-order valence-electron chi connectivity index (χ1n) is 3.11. The summed E-state index contributed by atoms with van der Waals surface area (Å²) in [7, 11) is 0. The minimum atomic E-state index is 0.608. The van der Waals surface area contributed by atoms with Crippen molar-refractivity contribution in [2.75, 3.05) is 0 Å². The molecule has 1 rings (SSSR count). The van der Waals surface area contributed by atoms with Crippen molar-refractivity contribution < 1.29 is 0 Å². The van der Waals surface area contributed by atoms with E-state index in [9.17, 15) is 0 Å². The van der Waals surface area contributed by atoms with E-state index in [1.54, 1.807) is 12.4 Å². The van der Waals surface area contributed by atoms with Crippen molar-refractivity contribution in [1.82, 2.24) is 10.4 Å². The molecular weight excluding hydrogens is 162 g/mol. The maximum Gasteiger partial charge on any atom is 0.0595 e. The fourth-order valence-corrected chi connectivity index (χ4v) is 0.896. The van der Waals surface area contributed by atoms with Crippen LogP contribution in [0.25, 0.3) is 0 Å². The lowest BCUT2D eigenvalue weighted by Gasteiger charge is -1.98. The van der Waals surface area contributed by atoms with Crippen LogP contribution in [0.2, 0.25) is 5.02 Å².